The summed E-state index contributed by atoms with van der Waals surface area (Å²) in [5.41, 5.74) is 0. The third-order valence-corrected chi connectivity index (χ3v) is 1.46. The van der Waals surface area contributed by atoms with Crippen LogP contribution in [-0.4, -0.2) is 25.3 Å². The zero-order valence-electron chi connectivity index (χ0n) is 7.49. The van der Waals surface area contributed by atoms with Gasteiger partial charge in [0.15, 0.2) is 0 Å². The van der Waals surface area contributed by atoms with Crippen LogP contribution in [0.2, 0.25) is 0 Å². The molecule has 3 nitrogen and oxygen atoms in total. The van der Waals surface area contributed by atoms with Gasteiger partial charge in [0, 0.05) is 6.54 Å². The van der Waals surface area contributed by atoms with Gasteiger partial charge >= 0.3 is 0 Å². The molecule has 0 amide bonds. The first kappa shape index (κ1) is 12.1. The first-order valence-corrected chi connectivity index (χ1v) is 3.89. The lowest BCUT2D eigenvalue weighted by molar-refractivity contribution is 0.318. The summed E-state index contributed by atoms with van der Waals surface area (Å²) in [4.78, 5) is 0. The molecular weight excluding hydrogens is 190 g/mol. The normalized spacial score (nSPS) is 9.00. The highest BCUT2D eigenvalue weighted by atomic mass is 35.5. The van der Waals surface area contributed by atoms with Crippen molar-refractivity contribution in [2.24, 2.45) is 0 Å². The third kappa shape index (κ3) is 4.60. The third-order valence-electron chi connectivity index (χ3n) is 1.46. The lowest BCUT2D eigenvalue weighted by Crippen LogP contribution is -2.15. The fraction of sp³-hybridized carbons (Fsp3) is 0.333. The first-order chi connectivity index (χ1) is 5.83. The van der Waals surface area contributed by atoms with Crippen LogP contribution in [0.5, 0.6) is 11.5 Å². The van der Waals surface area contributed by atoms with Crippen LogP contribution < -0.4 is 10.1 Å². The number of nitrogens with one attached hydrogen (secondary N) is 1. The van der Waals surface area contributed by atoms with Crippen LogP contribution in [0.4, 0.5) is 0 Å². The molecule has 13 heavy (non-hydrogen) atoms. The van der Waals surface area contributed by atoms with E-state index < -0.39 is 0 Å². The van der Waals surface area contributed by atoms with Crippen molar-refractivity contribution in [1.29, 1.82) is 0 Å². The fourth-order valence-electron chi connectivity index (χ4n) is 0.813. The van der Waals surface area contributed by atoms with Crippen LogP contribution in [0.25, 0.3) is 0 Å². The molecule has 74 valence electrons. The largest absolute Gasteiger partial charge is 0.508 e. The highest BCUT2D eigenvalue weighted by molar-refractivity contribution is 5.85. The molecule has 0 saturated heterocycles. The number of ether oxygens (including phenoxy) is 1. The number of likely N-dealkylation sites (N-methyl/N-ethyl adjacent to an activating group) is 1. The van der Waals surface area contributed by atoms with Crippen molar-refractivity contribution in [2.75, 3.05) is 20.2 Å². The Morgan fingerprint density at radius 2 is 1.92 bits per heavy atom. The van der Waals surface area contributed by atoms with Gasteiger partial charge in [0.2, 0.25) is 0 Å². The molecule has 1 aromatic rings. The average molecular weight is 204 g/mol. The molecule has 0 saturated carbocycles. The molecule has 1 aromatic carbocycles. The predicted molar refractivity (Wildman–Crippen MR) is 54.8 cm³/mol. The number of hydrogen-bond acceptors (Lipinski definition) is 3. The molecule has 0 aliphatic rings. The van der Waals surface area contributed by atoms with Gasteiger partial charge in [-0.3, -0.25) is 0 Å². The van der Waals surface area contributed by atoms with Crippen molar-refractivity contribution >= 4 is 12.4 Å². The lowest BCUT2D eigenvalue weighted by atomic mass is 10.3. The van der Waals surface area contributed by atoms with E-state index in [1.54, 1.807) is 24.3 Å². The molecular formula is C9H14ClNO2. The summed E-state index contributed by atoms with van der Waals surface area (Å²) >= 11 is 0. The predicted octanol–water partition coefficient (Wildman–Crippen LogP) is 1.41. The molecule has 1 rings (SSSR count). The summed E-state index contributed by atoms with van der Waals surface area (Å²) in [6.45, 7) is 1.46. The smallest absolute Gasteiger partial charge is 0.119 e. The molecule has 0 heterocycles. The van der Waals surface area contributed by atoms with Crippen molar-refractivity contribution in [3.63, 3.8) is 0 Å². The van der Waals surface area contributed by atoms with E-state index in [0.717, 1.165) is 12.3 Å². The molecule has 0 aliphatic carbocycles. The van der Waals surface area contributed by atoms with E-state index in [1.807, 2.05) is 7.05 Å². The average Bonchev–Trinajstić information content (AvgIpc) is 2.09. The molecule has 0 bridgehead atoms. The van der Waals surface area contributed by atoms with Gasteiger partial charge in [-0.15, -0.1) is 12.4 Å². The van der Waals surface area contributed by atoms with Gasteiger partial charge in [-0.1, -0.05) is 0 Å². The maximum absolute atomic E-state index is 8.96. The van der Waals surface area contributed by atoms with Crippen LogP contribution in [0.3, 0.4) is 0 Å². The minimum absolute atomic E-state index is 0. The number of rotatable bonds is 4. The maximum Gasteiger partial charge on any atom is 0.119 e. The van der Waals surface area contributed by atoms with E-state index in [4.69, 9.17) is 9.84 Å². The van der Waals surface area contributed by atoms with E-state index >= 15 is 0 Å². The van der Waals surface area contributed by atoms with E-state index in [0.29, 0.717) is 6.61 Å². The van der Waals surface area contributed by atoms with Crippen LogP contribution in [-0.2, 0) is 0 Å². The second-order valence-corrected chi connectivity index (χ2v) is 2.45. The number of phenols is 1. The Bertz CT molecular complexity index is 226. The van der Waals surface area contributed by atoms with E-state index in [2.05, 4.69) is 5.32 Å². The summed E-state index contributed by atoms with van der Waals surface area (Å²) in [5, 5.41) is 11.9. The summed E-state index contributed by atoms with van der Waals surface area (Å²) in [6, 6.07) is 6.69. The number of phenolic OH excluding ortho intramolecular Hbond substituents is 1. The van der Waals surface area contributed by atoms with Gasteiger partial charge < -0.3 is 15.2 Å². The fourth-order valence-corrected chi connectivity index (χ4v) is 0.813. The molecule has 0 aliphatic heterocycles. The monoisotopic (exact) mass is 203 g/mol. The van der Waals surface area contributed by atoms with Gasteiger partial charge in [-0.2, -0.15) is 0 Å². The van der Waals surface area contributed by atoms with Crippen LogP contribution in [0.15, 0.2) is 24.3 Å². The highest BCUT2D eigenvalue weighted by Crippen LogP contribution is 2.15. The number of benzene rings is 1. The second kappa shape index (κ2) is 6.57. The molecule has 0 radical (unpaired) electrons. The van der Waals surface area contributed by atoms with Crippen molar-refractivity contribution in [3.8, 4) is 11.5 Å². The Balaban J connectivity index is 0.00000144. The summed E-state index contributed by atoms with van der Waals surface area (Å²) in [5.74, 6) is 1.04. The van der Waals surface area contributed by atoms with Crippen LogP contribution in [0.1, 0.15) is 0 Å². The first-order valence-electron chi connectivity index (χ1n) is 3.89. The summed E-state index contributed by atoms with van der Waals surface area (Å²) in [6.07, 6.45) is 0. The molecule has 0 unspecified atom stereocenters. The maximum atomic E-state index is 8.96. The van der Waals surface area contributed by atoms with Gasteiger partial charge in [0.05, 0.1) is 0 Å². The lowest BCUT2D eigenvalue weighted by Gasteiger charge is -2.04. The number of halogens is 1. The summed E-state index contributed by atoms with van der Waals surface area (Å²) < 4.78 is 5.33. The van der Waals surface area contributed by atoms with E-state index in [1.165, 1.54) is 0 Å². The van der Waals surface area contributed by atoms with E-state index in [-0.39, 0.29) is 18.2 Å². The van der Waals surface area contributed by atoms with Gasteiger partial charge in [-0.05, 0) is 31.3 Å². The standard InChI is InChI=1S/C9H13NO2.ClH/c1-10-6-7-12-9-4-2-8(11)3-5-9;/h2-5,10-11H,6-7H2,1H3;1H. The quantitative estimate of drug-likeness (QED) is 0.728. The zero-order chi connectivity index (χ0) is 8.81. The topological polar surface area (TPSA) is 41.5 Å². The van der Waals surface area contributed by atoms with E-state index in [9.17, 15) is 0 Å². The Morgan fingerprint density at radius 1 is 1.31 bits per heavy atom. The van der Waals surface area contributed by atoms with Crippen molar-refractivity contribution < 1.29 is 9.84 Å². The van der Waals surface area contributed by atoms with Crippen molar-refractivity contribution in [2.45, 2.75) is 0 Å². The number of aromatic hydroxyl groups is 1. The van der Waals surface area contributed by atoms with Crippen molar-refractivity contribution in [1.82, 2.24) is 5.32 Å². The Kier molecular flexibility index (Phi) is 6.10. The number of hydrogen-bond donors (Lipinski definition) is 2. The van der Waals surface area contributed by atoms with Gasteiger partial charge in [-0.25, -0.2) is 0 Å². The molecule has 0 aromatic heterocycles. The summed E-state index contributed by atoms with van der Waals surface area (Å²) in [7, 11) is 1.88. The molecule has 4 heteroatoms. The highest BCUT2D eigenvalue weighted by Gasteiger charge is 1.91. The zero-order valence-corrected chi connectivity index (χ0v) is 8.30. The van der Waals surface area contributed by atoms with Crippen LogP contribution >= 0.6 is 12.4 Å². The minimum Gasteiger partial charge on any atom is -0.508 e. The second-order valence-electron chi connectivity index (χ2n) is 2.45. The van der Waals surface area contributed by atoms with Crippen molar-refractivity contribution in [3.05, 3.63) is 24.3 Å². The molecule has 0 fully saturated rings. The molecule has 2 N–H and O–H groups in total. The molecule has 0 spiro atoms. The SMILES string of the molecule is CNCCOc1ccc(O)cc1.Cl. The minimum atomic E-state index is 0. The molecule has 0 atom stereocenters. The van der Waals surface area contributed by atoms with Gasteiger partial charge in [0.25, 0.3) is 0 Å². The Hall–Kier alpha value is -0.930. The van der Waals surface area contributed by atoms with Gasteiger partial charge in [0.1, 0.15) is 18.1 Å². The van der Waals surface area contributed by atoms with Crippen LogP contribution in [0, 0.1) is 0 Å². The Labute approximate surface area is 84.1 Å². The Morgan fingerprint density at radius 3 is 2.46 bits per heavy atom.